The standard InChI is InChI=1S/C11H14N4O2S/c1-3-15-11(9(2)13-14-15)8-18(16,17)10-5-4-6-12-7-10/h4-7H,3,8H2,1-2H3. The van der Waals surface area contributed by atoms with Crippen molar-refractivity contribution < 1.29 is 8.42 Å². The van der Waals surface area contributed by atoms with Crippen molar-refractivity contribution >= 4 is 9.84 Å². The van der Waals surface area contributed by atoms with Crippen LogP contribution < -0.4 is 0 Å². The fourth-order valence-corrected chi connectivity index (χ4v) is 3.04. The van der Waals surface area contributed by atoms with Crippen LogP contribution in [0.15, 0.2) is 29.4 Å². The van der Waals surface area contributed by atoms with Gasteiger partial charge in [-0.2, -0.15) is 0 Å². The molecule has 2 aromatic heterocycles. The first-order valence-corrected chi connectivity index (χ1v) is 7.21. The molecule has 0 N–H and O–H groups in total. The minimum atomic E-state index is -3.40. The third kappa shape index (κ3) is 2.40. The molecule has 0 spiro atoms. The second kappa shape index (κ2) is 4.85. The molecule has 0 aliphatic carbocycles. The lowest BCUT2D eigenvalue weighted by molar-refractivity contribution is 0.581. The molecule has 0 atom stereocenters. The van der Waals surface area contributed by atoms with E-state index in [9.17, 15) is 8.42 Å². The van der Waals surface area contributed by atoms with Gasteiger partial charge in [0, 0.05) is 18.9 Å². The first kappa shape index (κ1) is 12.7. The average molecular weight is 266 g/mol. The van der Waals surface area contributed by atoms with Gasteiger partial charge in [0.25, 0.3) is 0 Å². The van der Waals surface area contributed by atoms with E-state index in [1.54, 1.807) is 23.9 Å². The first-order chi connectivity index (χ1) is 8.54. The summed E-state index contributed by atoms with van der Waals surface area (Å²) in [5.74, 6) is -0.106. The summed E-state index contributed by atoms with van der Waals surface area (Å²) >= 11 is 0. The minimum Gasteiger partial charge on any atom is -0.263 e. The molecule has 18 heavy (non-hydrogen) atoms. The molecule has 0 radical (unpaired) electrons. The van der Waals surface area contributed by atoms with Crippen molar-refractivity contribution in [1.29, 1.82) is 0 Å². The van der Waals surface area contributed by atoms with E-state index in [4.69, 9.17) is 0 Å². The van der Waals surface area contributed by atoms with Gasteiger partial charge in [0.15, 0.2) is 9.84 Å². The Balaban J connectivity index is 2.37. The minimum absolute atomic E-state index is 0.106. The normalized spacial score (nSPS) is 11.7. The molecule has 0 amide bonds. The van der Waals surface area contributed by atoms with Crippen molar-refractivity contribution in [3.63, 3.8) is 0 Å². The monoisotopic (exact) mass is 266 g/mol. The Morgan fingerprint density at radius 3 is 2.78 bits per heavy atom. The van der Waals surface area contributed by atoms with Gasteiger partial charge in [0.1, 0.15) is 0 Å². The van der Waals surface area contributed by atoms with Crippen molar-refractivity contribution in [2.75, 3.05) is 0 Å². The fraction of sp³-hybridized carbons (Fsp3) is 0.364. The SMILES string of the molecule is CCn1nnc(C)c1CS(=O)(=O)c1cccnc1. The third-order valence-electron chi connectivity index (χ3n) is 2.65. The zero-order chi connectivity index (χ0) is 13.2. The second-order valence-electron chi connectivity index (χ2n) is 3.89. The molecule has 0 saturated carbocycles. The topological polar surface area (TPSA) is 77.7 Å². The lowest BCUT2D eigenvalue weighted by Gasteiger charge is -2.06. The van der Waals surface area contributed by atoms with Crippen LogP contribution in [0.25, 0.3) is 0 Å². The van der Waals surface area contributed by atoms with Gasteiger partial charge in [0.2, 0.25) is 0 Å². The predicted molar refractivity (Wildman–Crippen MR) is 65.6 cm³/mol. The van der Waals surface area contributed by atoms with E-state index >= 15 is 0 Å². The van der Waals surface area contributed by atoms with E-state index in [0.29, 0.717) is 17.9 Å². The summed E-state index contributed by atoms with van der Waals surface area (Å²) in [4.78, 5) is 4.04. The summed E-state index contributed by atoms with van der Waals surface area (Å²) in [5.41, 5.74) is 1.27. The molecule has 2 rings (SSSR count). The Morgan fingerprint density at radius 2 is 2.17 bits per heavy atom. The van der Waals surface area contributed by atoms with Crippen LogP contribution in [0.2, 0.25) is 0 Å². The van der Waals surface area contributed by atoms with Gasteiger partial charge in [-0.05, 0) is 26.0 Å². The number of pyridine rings is 1. The predicted octanol–water partition coefficient (Wildman–Crippen LogP) is 0.975. The van der Waals surface area contributed by atoms with Crippen LogP contribution in [0.5, 0.6) is 0 Å². The molecule has 0 aromatic carbocycles. The lowest BCUT2D eigenvalue weighted by Crippen LogP contribution is -2.11. The van der Waals surface area contributed by atoms with Crippen LogP contribution in [-0.2, 0) is 22.1 Å². The highest BCUT2D eigenvalue weighted by molar-refractivity contribution is 7.90. The summed E-state index contributed by atoms with van der Waals surface area (Å²) in [7, 11) is -3.40. The van der Waals surface area contributed by atoms with Gasteiger partial charge < -0.3 is 0 Å². The van der Waals surface area contributed by atoms with Crippen LogP contribution in [0, 0.1) is 6.92 Å². The maximum Gasteiger partial charge on any atom is 0.185 e. The molecule has 0 bridgehead atoms. The Kier molecular flexibility index (Phi) is 3.42. The fourth-order valence-electron chi connectivity index (χ4n) is 1.65. The largest absolute Gasteiger partial charge is 0.263 e. The van der Waals surface area contributed by atoms with Gasteiger partial charge >= 0.3 is 0 Å². The Bertz CT molecular complexity index is 634. The Labute approximate surface area is 106 Å². The molecule has 0 unspecified atom stereocenters. The zero-order valence-corrected chi connectivity index (χ0v) is 11.1. The summed E-state index contributed by atoms with van der Waals surface area (Å²) in [6, 6.07) is 3.15. The number of hydrogen-bond donors (Lipinski definition) is 0. The van der Waals surface area contributed by atoms with Crippen LogP contribution in [0.1, 0.15) is 18.3 Å². The molecule has 0 saturated heterocycles. The van der Waals surface area contributed by atoms with Crippen molar-refractivity contribution in [2.24, 2.45) is 0 Å². The molecule has 2 heterocycles. The summed E-state index contributed by atoms with van der Waals surface area (Å²) in [6.07, 6.45) is 2.90. The van der Waals surface area contributed by atoms with E-state index in [1.165, 1.54) is 12.3 Å². The summed E-state index contributed by atoms with van der Waals surface area (Å²) < 4.78 is 26.0. The van der Waals surface area contributed by atoms with Crippen LogP contribution in [0.3, 0.4) is 0 Å². The molecule has 0 aliphatic rings. The summed E-state index contributed by atoms with van der Waals surface area (Å²) in [5, 5.41) is 7.80. The molecule has 0 aliphatic heterocycles. The van der Waals surface area contributed by atoms with Crippen molar-refractivity contribution in [3.8, 4) is 0 Å². The highest BCUT2D eigenvalue weighted by Gasteiger charge is 2.20. The number of hydrogen-bond acceptors (Lipinski definition) is 5. The quantitative estimate of drug-likeness (QED) is 0.824. The average Bonchev–Trinajstić information content (AvgIpc) is 2.71. The van der Waals surface area contributed by atoms with Crippen LogP contribution in [-0.4, -0.2) is 28.4 Å². The molecular formula is C11H14N4O2S. The van der Waals surface area contributed by atoms with Gasteiger partial charge in [-0.25, -0.2) is 13.1 Å². The smallest absolute Gasteiger partial charge is 0.185 e. The molecule has 6 nitrogen and oxygen atoms in total. The van der Waals surface area contributed by atoms with Crippen LogP contribution >= 0.6 is 0 Å². The number of nitrogens with zero attached hydrogens (tertiary/aromatic N) is 4. The lowest BCUT2D eigenvalue weighted by atomic mass is 10.4. The van der Waals surface area contributed by atoms with E-state index in [1.807, 2.05) is 6.92 Å². The maximum atomic E-state index is 12.2. The van der Waals surface area contributed by atoms with Gasteiger partial charge in [-0.15, -0.1) is 5.10 Å². The molecule has 7 heteroatoms. The number of aromatic nitrogens is 4. The van der Waals surface area contributed by atoms with E-state index in [2.05, 4.69) is 15.3 Å². The highest BCUT2D eigenvalue weighted by atomic mass is 32.2. The van der Waals surface area contributed by atoms with Crippen molar-refractivity contribution in [3.05, 3.63) is 35.9 Å². The number of rotatable bonds is 4. The maximum absolute atomic E-state index is 12.2. The Morgan fingerprint density at radius 1 is 1.39 bits per heavy atom. The third-order valence-corrected chi connectivity index (χ3v) is 4.26. The second-order valence-corrected chi connectivity index (χ2v) is 5.87. The first-order valence-electron chi connectivity index (χ1n) is 5.56. The highest BCUT2D eigenvalue weighted by Crippen LogP contribution is 2.16. The number of aryl methyl sites for hydroxylation is 2. The van der Waals surface area contributed by atoms with Gasteiger partial charge in [-0.3, -0.25) is 4.98 Å². The molecule has 2 aromatic rings. The molecule has 0 fully saturated rings. The molecule has 96 valence electrons. The van der Waals surface area contributed by atoms with Crippen molar-refractivity contribution in [2.45, 2.75) is 31.0 Å². The van der Waals surface area contributed by atoms with Crippen molar-refractivity contribution in [1.82, 2.24) is 20.0 Å². The summed E-state index contributed by atoms with van der Waals surface area (Å²) in [6.45, 7) is 4.25. The van der Waals surface area contributed by atoms with E-state index in [0.717, 1.165) is 0 Å². The number of sulfone groups is 1. The van der Waals surface area contributed by atoms with Crippen LogP contribution in [0.4, 0.5) is 0 Å². The van der Waals surface area contributed by atoms with Gasteiger partial charge in [-0.1, -0.05) is 5.21 Å². The van der Waals surface area contributed by atoms with Gasteiger partial charge in [0.05, 0.1) is 22.0 Å². The zero-order valence-electron chi connectivity index (χ0n) is 10.2. The van der Waals surface area contributed by atoms with E-state index in [-0.39, 0.29) is 10.6 Å². The van der Waals surface area contributed by atoms with E-state index < -0.39 is 9.84 Å². The molecular weight excluding hydrogens is 252 g/mol. The Hall–Kier alpha value is -1.76.